The molecule has 2 aromatic rings. The van der Waals surface area contributed by atoms with Crippen LogP contribution in [0.25, 0.3) is 0 Å². The molecule has 3 rings (SSSR count). The van der Waals surface area contributed by atoms with E-state index in [1.807, 2.05) is 43.3 Å². The van der Waals surface area contributed by atoms with E-state index in [4.69, 9.17) is 9.47 Å². The van der Waals surface area contributed by atoms with Gasteiger partial charge in [-0.3, -0.25) is 9.59 Å². The van der Waals surface area contributed by atoms with E-state index in [1.54, 1.807) is 6.07 Å². The molecule has 0 saturated heterocycles. The molecule has 0 fully saturated rings. The number of ether oxygens (including phenoxy) is 2. The van der Waals surface area contributed by atoms with E-state index in [1.165, 1.54) is 5.56 Å². The molecule has 0 saturated carbocycles. The molecule has 1 aliphatic heterocycles. The van der Waals surface area contributed by atoms with Crippen LogP contribution in [0.15, 0.2) is 42.5 Å². The van der Waals surface area contributed by atoms with Crippen molar-refractivity contribution in [1.82, 2.24) is 5.32 Å². The van der Waals surface area contributed by atoms with E-state index in [-0.39, 0.29) is 31.1 Å². The summed E-state index contributed by atoms with van der Waals surface area (Å²) in [7, 11) is 0. The van der Waals surface area contributed by atoms with Gasteiger partial charge >= 0.3 is 0 Å². The van der Waals surface area contributed by atoms with E-state index in [0.717, 1.165) is 12.0 Å². The summed E-state index contributed by atoms with van der Waals surface area (Å²) in [5.74, 6) is 0.897. The molecule has 0 aromatic heterocycles. The third-order valence-electron chi connectivity index (χ3n) is 4.22. The van der Waals surface area contributed by atoms with Gasteiger partial charge in [0.1, 0.15) is 11.5 Å². The third kappa shape index (κ3) is 4.33. The van der Waals surface area contributed by atoms with Gasteiger partial charge in [0.25, 0.3) is 11.8 Å². The van der Waals surface area contributed by atoms with Crippen LogP contribution >= 0.6 is 0 Å². The number of aryl methyl sites for hydroxylation is 1. The van der Waals surface area contributed by atoms with Crippen molar-refractivity contribution in [2.24, 2.45) is 0 Å². The number of hydrogen-bond donors (Lipinski definition) is 2. The highest BCUT2D eigenvalue weighted by Gasteiger charge is 2.18. The Bertz CT molecular complexity index is 802. The van der Waals surface area contributed by atoms with Gasteiger partial charge in [0, 0.05) is 0 Å². The SMILES string of the molecule is CCc1ccc(OCC(=O)NC(C)c2ccc3c(c2)NC(=O)CO3)cc1. The maximum absolute atomic E-state index is 12.1. The average Bonchev–Trinajstić information content (AvgIpc) is 2.66. The smallest absolute Gasteiger partial charge is 0.262 e. The van der Waals surface area contributed by atoms with Gasteiger partial charge in [-0.05, 0) is 48.7 Å². The van der Waals surface area contributed by atoms with Crippen molar-refractivity contribution in [2.75, 3.05) is 18.5 Å². The number of hydrogen-bond acceptors (Lipinski definition) is 4. The lowest BCUT2D eigenvalue weighted by Crippen LogP contribution is -2.31. The number of carbonyl (C=O) groups is 2. The molecule has 26 heavy (non-hydrogen) atoms. The fourth-order valence-electron chi connectivity index (χ4n) is 2.71. The number of anilines is 1. The van der Waals surface area contributed by atoms with Crippen molar-refractivity contribution in [3.63, 3.8) is 0 Å². The molecule has 6 heteroatoms. The lowest BCUT2D eigenvalue weighted by Gasteiger charge is -2.21. The number of rotatable bonds is 6. The topological polar surface area (TPSA) is 76.7 Å². The summed E-state index contributed by atoms with van der Waals surface area (Å²) in [5, 5.41) is 5.65. The van der Waals surface area contributed by atoms with Crippen molar-refractivity contribution in [3.05, 3.63) is 53.6 Å². The van der Waals surface area contributed by atoms with Crippen molar-refractivity contribution in [1.29, 1.82) is 0 Å². The molecular weight excluding hydrogens is 332 g/mol. The Morgan fingerprint density at radius 3 is 2.77 bits per heavy atom. The highest BCUT2D eigenvalue weighted by molar-refractivity contribution is 5.95. The van der Waals surface area contributed by atoms with Gasteiger partial charge in [0.15, 0.2) is 13.2 Å². The molecular formula is C20H22N2O4. The number of benzene rings is 2. The second-order valence-corrected chi connectivity index (χ2v) is 6.17. The quantitative estimate of drug-likeness (QED) is 0.836. The van der Waals surface area contributed by atoms with Gasteiger partial charge in [-0.1, -0.05) is 25.1 Å². The summed E-state index contributed by atoms with van der Waals surface area (Å²) < 4.78 is 10.9. The van der Waals surface area contributed by atoms with Gasteiger partial charge < -0.3 is 20.1 Å². The number of nitrogens with one attached hydrogen (secondary N) is 2. The van der Waals surface area contributed by atoms with Gasteiger partial charge in [-0.2, -0.15) is 0 Å². The Morgan fingerprint density at radius 2 is 2.04 bits per heavy atom. The van der Waals surface area contributed by atoms with E-state index in [0.29, 0.717) is 17.2 Å². The van der Waals surface area contributed by atoms with Crippen LogP contribution in [0.4, 0.5) is 5.69 Å². The first-order chi connectivity index (χ1) is 12.5. The van der Waals surface area contributed by atoms with Crippen LogP contribution in [-0.2, 0) is 16.0 Å². The molecule has 0 bridgehead atoms. The fraction of sp³-hybridized carbons (Fsp3) is 0.300. The van der Waals surface area contributed by atoms with Crippen LogP contribution in [0.2, 0.25) is 0 Å². The summed E-state index contributed by atoms with van der Waals surface area (Å²) in [6.07, 6.45) is 0.963. The maximum Gasteiger partial charge on any atom is 0.262 e. The molecule has 2 aromatic carbocycles. The van der Waals surface area contributed by atoms with Crippen LogP contribution in [-0.4, -0.2) is 25.0 Å². The van der Waals surface area contributed by atoms with Crippen LogP contribution in [0.1, 0.15) is 31.0 Å². The molecule has 0 aliphatic carbocycles. The first-order valence-corrected chi connectivity index (χ1v) is 8.63. The van der Waals surface area contributed by atoms with Gasteiger partial charge in [-0.25, -0.2) is 0 Å². The molecule has 1 unspecified atom stereocenters. The predicted octanol–water partition coefficient (Wildman–Crippen LogP) is 2.84. The molecule has 1 atom stereocenters. The standard InChI is InChI=1S/C20H22N2O4/c1-3-14-4-7-16(8-5-14)25-11-19(23)21-13(2)15-6-9-18-17(10-15)22-20(24)12-26-18/h4-10,13H,3,11-12H2,1-2H3,(H,21,23)(H,22,24). The van der Waals surface area contributed by atoms with Gasteiger partial charge in [0.05, 0.1) is 11.7 Å². The minimum absolute atomic E-state index is 0.0230. The molecule has 2 amide bonds. The normalized spacial score (nSPS) is 13.8. The summed E-state index contributed by atoms with van der Waals surface area (Å²) >= 11 is 0. The molecule has 0 spiro atoms. The molecule has 0 radical (unpaired) electrons. The van der Waals surface area contributed by atoms with Crippen molar-refractivity contribution in [2.45, 2.75) is 26.3 Å². The van der Waals surface area contributed by atoms with Crippen molar-refractivity contribution in [3.8, 4) is 11.5 Å². The zero-order chi connectivity index (χ0) is 18.5. The van der Waals surface area contributed by atoms with E-state index < -0.39 is 0 Å². The molecule has 6 nitrogen and oxygen atoms in total. The van der Waals surface area contributed by atoms with Crippen LogP contribution in [0.3, 0.4) is 0 Å². The number of amides is 2. The molecule has 1 heterocycles. The Hall–Kier alpha value is -3.02. The van der Waals surface area contributed by atoms with Crippen LogP contribution in [0, 0.1) is 0 Å². The Labute approximate surface area is 152 Å². The van der Waals surface area contributed by atoms with Crippen LogP contribution < -0.4 is 20.1 Å². The minimum atomic E-state index is -0.224. The highest BCUT2D eigenvalue weighted by Crippen LogP contribution is 2.30. The van der Waals surface area contributed by atoms with Crippen LogP contribution in [0.5, 0.6) is 11.5 Å². The van der Waals surface area contributed by atoms with E-state index >= 15 is 0 Å². The maximum atomic E-state index is 12.1. The monoisotopic (exact) mass is 354 g/mol. The molecule has 136 valence electrons. The number of carbonyl (C=O) groups excluding carboxylic acids is 2. The lowest BCUT2D eigenvalue weighted by atomic mass is 10.1. The Kier molecular flexibility index (Phi) is 5.41. The highest BCUT2D eigenvalue weighted by atomic mass is 16.5. The second-order valence-electron chi connectivity index (χ2n) is 6.17. The molecule has 2 N–H and O–H groups in total. The van der Waals surface area contributed by atoms with Crippen molar-refractivity contribution < 1.29 is 19.1 Å². The van der Waals surface area contributed by atoms with Gasteiger partial charge in [0.2, 0.25) is 0 Å². The van der Waals surface area contributed by atoms with E-state index in [9.17, 15) is 9.59 Å². The summed E-state index contributed by atoms with van der Waals surface area (Å²) in [6.45, 7) is 3.93. The Morgan fingerprint density at radius 1 is 1.27 bits per heavy atom. The van der Waals surface area contributed by atoms with E-state index in [2.05, 4.69) is 17.6 Å². The minimum Gasteiger partial charge on any atom is -0.484 e. The first-order valence-electron chi connectivity index (χ1n) is 8.63. The summed E-state index contributed by atoms with van der Waals surface area (Å²) in [4.78, 5) is 23.6. The molecule has 1 aliphatic rings. The fourth-order valence-corrected chi connectivity index (χ4v) is 2.71. The zero-order valence-electron chi connectivity index (χ0n) is 14.9. The van der Waals surface area contributed by atoms with Crippen molar-refractivity contribution >= 4 is 17.5 Å². The van der Waals surface area contributed by atoms with Gasteiger partial charge in [-0.15, -0.1) is 0 Å². The Balaban J connectivity index is 1.55. The third-order valence-corrected chi connectivity index (χ3v) is 4.22. The first kappa shape index (κ1) is 17.8. The lowest BCUT2D eigenvalue weighted by molar-refractivity contribution is -0.123. The predicted molar refractivity (Wildman–Crippen MR) is 98.4 cm³/mol. The second kappa shape index (κ2) is 7.91. The summed E-state index contributed by atoms with van der Waals surface area (Å²) in [6, 6.07) is 12.9. The summed E-state index contributed by atoms with van der Waals surface area (Å²) in [5.41, 5.74) is 2.71. The average molecular weight is 354 g/mol. The zero-order valence-corrected chi connectivity index (χ0v) is 14.9. The largest absolute Gasteiger partial charge is 0.484 e. The number of fused-ring (bicyclic) bond motifs is 1.